The number of ketones is 1. The molecule has 19 heavy (non-hydrogen) atoms. The van der Waals surface area contributed by atoms with Gasteiger partial charge in [0, 0.05) is 5.56 Å². The van der Waals surface area contributed by atoms with Crippen molar-refractivity contribution in [2.45, 2.75) is 16.8 Å². The number of hydrogen-bond acceptors (Lipinski definition) is 3. The number of Topliss-reactive ketones (excluding diaryl/α,β-unsaturated/α-hetero) is 1. The number of halogens is 3. The smallest absolute Gasteiger partial charge is 0.407 e. The maximum atomic E-state index is 11.9. The second-order valence-electron chi connectivity index (χ2n) is 3.79. The van der Waals surface area contributed by atoms with Crippen LogP contribution < -0.4 is 5.32 Å². The largest absolute Gasteiger partial charge is 0.445 e. The van der Waals surface area contributed by atoms with Crippen LogP contribution in [0.1, 0.15) is 17.3 Å². The molecule has 0 aliphatic heterocycles. The van der Waals surface area contributed by atoms with Gasteiger partial charge < -0.3 is 10.1 Å². The number of carbonyl (C=O) groups excluding carboxylic acids is 2. The van der Waals surface area contributed by atoms with Crippen LogP contribution in [0, 0.1) is 0 Å². The summed E-state index contributed by atoms with van der Waals surface area (Å²) in [7, 11) is 0. The van der Waals surface area contributed by atoms with Crippen LogP contribution in [0.4, 0.5) is 4.79 Å². The minimum Gasteiger partial charge on any atom is -0.445 e. The first-order chi connectivity index (χ1) is 8.79. The van der Waals surface area contributed by atoms with Crippen LogP contribution in [0.5, 0.6) is 0 Å². The summed E-state index contributed by atoms with van der Waals surface area (Å²) in [5.74, 6) is -0.230. The van der Waals surface area contributed by atoms with Crippen LogP contribution in [-0.2, 0) is 4.74 Å². The Hall–Kier alpha value is -0.970. The van der Waals surface area contributed by atoms with Crippen molar-refractivity contribution < 1.29 is 14.3 Å². The molecule has 0 fully saturated rings. The zero-order valence-electron chi connectivity index (χ0n) is 10.0. The molecule has 0 radical (unpaired) electrons. The number of rotatable bonds is 4. The third-order valence-electron chi connectivity index (χ3n) is 2.15. The van der Waals surface area contributed by atoms with E-state index in [1.165, 1.54) is 0 Å². The number of ether oxygens (including phenoxy) is 1. The summed E-state index contributed by atoms with van der Waals surface area (Å²) in [5.41, 5.74) is 0.497. The average molecular weight is 325 g/mol. The van der Waals surface area contributed by atoms with Crippen molar-refractivity contribution >= 4 is 46.7 Å². The van der Waals surface area contributed by atoms with Gasteiger partial charge in [-0.15, -0.1) is 0 Å². The molecule has 1 aromatic carbocycles. The van der Waals surface area contributed by atoms with Crippen molar-refractivity contribution in [3.05, 3.63) is 35.9 Å². The molecule has 1 amide bonds. The molecule has 1 atom stereocenters. The van der Waals surface area contributed by atoms with Crippen molar-refractivity contribution in [3.8, 4) is 0 Å². The van der Waals surface area contributed by atoms with E-state index in [1.807, 2.05) is 0 Å². The molecule has 104 valence electrons. The van der Waals surface area contributed by atoms with E-state index >= 15 is 0 Å². The molecule has 1 aromatic rings. The molecule has 0 spiro atoms. The molecule has 4 nitrogen and oxygen atoms in total. The second kappa shape index (κ2) is 6.98. The highest BCUT2D eigenvalue weighted by Crippen LogP contribution is 2.25. The molecule has 0 heterocycles. The van der Waals surface area contributed by atoms with Crippen LogP contribution in [0.15, 0.2) is 30.3 Å². The molecule has 0 bridgehead atoms. The minimum atomic E-state index is -1.68. The van der Waals surface area contributed by atoms with E-state index in [9.17, 15) is 9.59 Å². The van der Waals surface area contributed by atoms with Gasteiger partial charge in [0.05, 0.1) is 6.04 Å². The fraction of sp³-hybridized carbons (Fsp3) is 0.333. The first-order valence-electron chi connectivity index (χ1n) is 5.39. The van der Waals surface area contributed by atoms with Crippen LogP contribution in [-0.4, -0.2) is 28.3 Å². The lowest BCUT2D eigenvalue weighted by Crippen LogP contribution is -2.39. The van der Waals surface area contributed by atoms with Gasteiger partial charge in [0.15, 0.2) is 5.78 Å². The van der Waals surface area contributed by atoms with Crippen molar-refractivity contribution in [1.29, 1.82) is 0 Å². The zero-order valence-corrected chi connectivity index (χ0v) is 12.3. The second-order valence-corrected chi connectivity index (χ2v) is 6.30. The van der Waals surface area contributed by atoms with E-state index in [0.717, 1.165) is 0 Å². The van der Waals surface area contributed by atoms with Crippen molar-refractivity contribution in [3.63, 3.8) is 0 Å². The lowest BCUT2D eigenvalue weighted by Gasteiger charge is -2.15. The summed E-state index contributed by atoms with van der Waals surface area (Å²) < 4.78 is 2.99. The Kier molecular flexibility index (Phi) is 5.91. The number of hydrogen-bond donors (Lipinski definition) is 1. The number of alkyl carbamates (subject to hydrolysis) is 1. The van der Waals surface area contributed by atoms with Crippen LogP contribution >= 0.6 is 34.8 Å². The highest BCUT2D eigenvalue weighted by Gasteiger charge is 2.23. The van der Waals surface area contributed by atoms with Gasteiger partial charge in [0.25, 0.3) is 0 Å². The number of carbonyl (C=O) groups is 2. The monoisotopic (exact) mass is 323 g/mol. The van der Waals surface area contributed by atoms with Gasteiger partial charge in [-0.2, -0.15) is 0 Å². The molecule has 0 saturated heterocycles. The lowest BCUT2D eigenvalue weighted by atomic mass is 10.1. The van der Waals surface area contributed by atoms with E-state index in [4.69, 9.17) is 34.8 Å². The SMILES string of the molecule is C[C@H](NC(=O)OCC(Cl)(Cl)Cl)C(=O)c1ccccc1. The van der Waals surface area contributed by atoms with Gasteiger partial charge >= 0.3 is 6.09 Å². The first kappa shape index (κ1) is 16.1. The molecule has 1 rings (SSSR count). The molecule has 0 aliphatic rings. The van der Waals surface area contributed by atoms with Gasteiger partial charge in [0.2, 0.25) is 3.79 Å². The van der Waals surface area contributed by atoms with Crippen molar-refractivity contribution in [2.75, 3.05) is 6.61 Å². The fourth-order valence-electron chi connectivity index (χ4n) is 1.28. The van der Waals surface area contributed by atoms with Crippen LogP contribution in [0.2, 0.25) is 0 Å². The molecule has 0 aliphatic carbocycles. The van der Waals surface area contributed by atoms with Gasteiger partial charge in [-0.05, 0) is 6.92 Å². The van der Waals surface area contributed by atoms with E-state index in [0.29, 0.717) is 5.56 Å². The predicted octanol–water partition coefficient (Wildman–Crippen LogP) is 3.35. The first-order valence-corrected chi connectivity index (χ1v) is 6.52. The van der Waals surface area contributed by atoms with Crippen molar-refractivity contribution in [1.82, 2.24) is 5.32 Å². The Morgan fingerprint density at radius 3 is 2.37 bits per heavy atom. The quantitative estimate of drug-likeness (QED) is 0.682. The molecule has 0 aromatic heterocycles. The topological polar surface area (TPSA) is 55.4 Å². The summed E-state index contributed by atoms with van der Waals surface area (Å²) in [5, 5.41) is 2.36. The molecule has 0 saturated carbocycles. The Bertz CT molecular complexity index is 445. The highest BCUT2D eigenvalue weighted by atomic mass is 35.6. The third kappa shape index (κ3) is 6.14. The molecular weight excluding hydrogens is 312 g/mol. The number of alkyl halides is 3. The van der Waals surface area contributed by atoms with Gasteiger partial charge in [0.1, 0.15) is 6.61 Å². The standard InChI is InChI=1S/C12H12Cl3NO3/c1-8(10(17)9-5-3-2-4-6-9)16-11(18)19-7-12(13,14)15/h2-6,8H,7H2,1H3,(H,16,18)/t8-/m0/s1. The van der Waals surface area contributed by atoms with E-state index in [1.54, 1.807) is 37.3 Å². The Balaban J connectivity index is 2.49. The lowest BCUT2D eigenvalue weighted by molar-refractivity contribution is 0.0932. The molecule has 1 N–H and O–H groups in total. The van der Waals surface area contributed by atoms with Crippen LogP contribution in [0.25, 0.3) is 0 Å². The van der Waals surface area contributed by atoms with Crippen molar-refractivity contribution in [2.24, 2.45) is 0 Å². The number of nitrogens with one attached hydrogen (secondary N) is 1. The fourth-order valence-corrected chi connectivity index (χ4v) is 1.45. The Morgan fingerprint density at radius 2 is 1.84 bits per heavy atom. The predicted molar refractivity (Wildman–Crippen MR) is 75.0 cm³/mol. The Morgan fingerprint density at radius 1 is 1.26 bits per heavy atom. The van der Waals surface area contributed by atoms with Crippen LogP contribution in [0.3, 0.4) is 0 Å². The highest BCUT2D eigenvalue weighted by molar-refractivity contribution is 6.67. The molecule has 0 unspecified atom stereocenters. The van der Waals surface area contributed by atoms with E-state index in [2.05, 4.69) is 10.1 Å². The summed E-state index contributed by atoms with van der Waals surface area (Å²) in [6.07, 6.45) is -0.817. The number of benzene rings is 1. The number of amides is 1. The molecular formula is C12H12Cl3NO3. The summed E-state index contributed by atoms with van der Waals surface area (Å²) in [6, 6.07) is 7.86. The normalized spacial score (nSPS) is 12.6. The maximum absolute atomic E-state index is 11.9. The van der Waals surface area contributed by atoms with Gasteiger partial charge in [-0.1, -0.05) is 65.1 Å². The van der Waals surface area contributed by atoms with E-state index < -0.39 is 22.5 Å². The summed E-state index contributed by atoms with van der Waals surface area (Å²) >= 11 is 16.3. The summed E-state index contributed by atoms with van der Waals surface area (Å²) in [4.78, 5) is 23.3. The van der Waals surface area contributed by atoms with Gasteiger partial charge in [-0.25, -0.2) is 4.79 Å². The minimum absolute atomic E-state index is 0.230. The Labute approximate surface area is 126 Å². The maximum Gasteiger partial charge on any atom is 0.407 e. The average Bonchev–Trinajstić information content (AvgIpc) is 2.35. The van der Waals surface area contributed by atoms with Gasteiger partial charge in [-0.3, -0.25) is 4.79 Å². The zero-order chi connectivity index (χ0) is 14.5. The van der Waals surface area contributed by atoms with E-state index in [-0.39, 0.29) is 5.78 Å². The molecule has 7 heteroatoms. The third-order valence-corrected chi connectivity index (χ3v) is 2.48. The summed E-state index contributed by atoms with van der Waals surface area (Å²) in [6.45, 7) is 1.15.